The standard InChI is InChI=1S/C12H23NO4.C7H6O2/c1-5-6-7-12(16)17-10(8-11(14)15)9-13(2,3)4;8-7(9)6-4-2-1-3-5-6/h10H,5-9H2,1-4H3;1-5H,(H,8,9)/p+1/t10-;/m1./s1. The van der Waals surface area contributed by atoms with E-state index < -0.39 is 18.0 Å². The number of carboxylic acids is 2. The maximum Gasteiger partial charge on any atom is 0.335 e. The molecule has 0 aliphatic carbocycles. The fourth-order valence-corrected chi connectivity index (χ4v) is 2.10. The minimum atomic E-state index is -0.938. The molecule has 0 aliphatic heterocycles. The van der Waals surface area contributed by atoms with Gasteiger partial charge in [-0.25, -0.2) is 4.79 Å². The molecule has 0 heterocycles. The van der Waals surface area contributed by atoms with Crippen LogP contribution in [0.25, 0.3) is 0 Å². The van der Waals surface area contributed by atoms with Crippen LogP contribution in [0.15, 0.2) is 30.3 Å². The van der Waals surface area contributed by atoms with Crippen LogP contribution in [-0.4, -0.2) is 66.4 Å². The highest BCUT2D eigenvalue weighted by Crippen LogP contribution is 2.07. The molecule has 146 valence electrons. The number of unbranched alkanes of at least 4 members (excludes halogenated alkanes) is 1. The van der Waals surface area contributed by atoms with Gasteiger partial charge in [0.1, 0.15) is 6.54 Å². The van der Waals surface area contributed by atoms with Crippen molar-refractivity contribution in [2.75, 3.05) is 27.7 Å². The summed E-state index contributed by atoms with van der Waals surface area (Å²) in [5.41, 5.74) is 0.331. The van der Waals surface area contributed by atoms with E-state index in [2.05, 4.69) is 0 Å². The largest absolute Gasteiger partial charge is 0.481 e. The monoisotopic (exact) mass is 368 g/mol. The van der Waals surface area contributed by atoms with Gasteiger partial charge in [0.25, 0.3) is 0 Å². The Morgan fingerprint density at radius 3 is 2.04 bits per heavy atom. The molecular formula is C19H30NO6+. The minimum Gasteiger partial charge on any atom is -0.481 e. The summed E-state index contributed by atoms with van der Waals surface area (Å²) >= 11 is 0. The zero-order valence-electron chi connectivity index (χ0n) is 16.0. The van der Waals surface area contributed by atoms with Crippen LogP contribution in [0, 0.1) is 0 Å². The molecule has 2 N–H and O–H groups in total. The summed E-state index contributed by atoms with van der Waals surface area (Å²) in [5, 5.41) is 17.2. The van der Waals surface area contributed by atoms with Crippen molar-refractivity contribution in [1.82, 2.24) is 0 Å². The lowest BCUT2D eigenvalue weighted by molar-refractivity contribution is -0.873. The second-order valence-electron chi connectivity index (χ2n) is 6.96. The van der Waals surface area contributed by atoms with E-state index in [1.54, 1.807) is 30.3 Å². The lowest BCUT2D eigenvalue weighted by Crippen LogP contribution is -2.43. The molecule has 0 unspecified atom stereocenters. The Balaban J connectivity index is 0.000000577. The van der Waals surface area contributed by atoms with Crippen molar-refractivity contribution in [2.24, 2.45) is 0 Å². The predicted octanol–water partition coefficient (Wildman–Crippen LogP) is 2.65. The van der Waals surface area contributed by atoms with Crippen molar-refractivity contribution >= 4 is 17.9 Å². The fourth-order valence-electron chi connectivity index (χ4n) is 2.10. The highest BCUT2D eigenvalue weighted by Gasteiger charge is 2.24. The van der Waals surface area contributed by atoms with Crippen LogP contribution in [0.3, 0.4) is 0 Å². The zero-order valence-corrected chi connectivity index (χ0v) is 16.0. The van der Waals surface area contributed by atoms with Crippen LogP contribution in [0.4, 0.5) is 0 Å². The van der Waals surface area contributed by atoms with Crippen molar-refractivity contribution < 1.29 is 33.8 Å². The van der Waals surface area contributed by atoms with E-state index in [4.69, 9.17) is 14.9 Å². The Morgan fingerprint density at radius 2 is 1.65 bits per heavy atom. The molecule has 0 aromatic heterocycles. The first-order chi connectivity index (χ1) is 12.0. The highest BCUT2D eigenvalue weighted by molar-refractivity contribution is 5.87. The predicted molar refractivity (Wildman–Crippen MR) is 98.0 cm³/mol. The third kappa shape index (κ3) is 12.9. The van der Waals surface area contributed by atoms with Crippen molar-refractivity contribution in [2.45, 2.75) is 38.7 Å². The maximum atomic E-state index is 11.5. The summed E-state index contributed by atoms with van der Waals surface area (Å²) in [4.78, 5) is 32.4. The Bertz CT molecular complexity index is 565. The normalized spacial score (nSPS) is 11.7. The average Bonchev–Trinajstić information content (AvgIpc) is 2.52. The number of nitrogens with zero attached hydrogens (tertiary/aromatic N) is 1. The molecule has 0 aliphatic rings. The molecule has 7 heteroatoms. The van der Waals surface area contributed by atoms with E-state index in [-0.39, 0.29) is 12.4 Å². The Morgan fingerprint density at radius 1 is 1.08 bits per heavy atom. The molecule has 1 aromatic carbocycles. The molecule has 0 amide bonds. The molecule has 0 bridgehead atoms. The summed E-state index contributed by atoms with van der Waals surface area (Å²) in [6.07, 6.45) is 1.39. The molecule has 0 saturated heterocycles. The number of likely N-dealkylation sites (N-methyl/N-ethyl adjacent to an activating group) is 1. The van der Waals surface area contributed by atoms with Crippen molar-refractivity contribution in [3.63, 3.8) is 0 Å². The van der Waals surface area contributed by atoms with Crippen molar-refractivity contribution in [3.05, 3.63) is 35.9 Å². The Labute approximate surface area is 154 Å². The van der Waals surface area contributed by atoms with E-state index in [1.165, 1.54) is 0 Å². The molecule has 0 spiro atoms. The van der Waals surface area contributed by atoms with Gasteiger partial charge in [0.15, 0.2) is 6.10 Å². The van der Waals surface area contributed by atoms with Gasteiger partial charge in [0, 0.05) is 6.42 Å². The number of esters is 1. The van der Waals surface area contributed by atoms with E-state index in [0.29, 0.717) is 23.0 Å². The number of ether oxygens (including phenoxy) is 1. The Kier molecular flexibility index (Phi) is 10.9. The number of aliphatic carboxylic acids is 1. The minimum absolute atomic E-state index is 0.132. The van der Waals surface area contributed by atoms with Crippen LogP contribution in [0.2, 0.25) is 0 Å². The molecule has 1 rings (SSSR count). The van der Waals surface area contributed by atoms with Gasteiger partial charge >= 0.3 is 17.9 Å². The zero-order chi connectivity index (χ0) is 20.2. The van der Waals surface area contributed by atoms with E-state index in [9.17, 15) is 14.4 Å². The number of hydrogen-bond acceptors (Lipinski definition) is 4. The van der Waals surface area contributed by atoms with Crippen LogP contribution >= 0.6 is 0 Å². The average molecular weight is 368 g/mol. The number of quaternary nitrogens is 1. The van der Waals surface area contributed by atoms with Crippen LogP contribution < -0.4 is 0 Å². The fraction of sp³-hybridized carbons (Fsp3) is 0.526. The van der Waals surface area contributed by atoms with Crippen LogP contribution in [0.1, 0.15) is 43.0 Å². The molecule has 7 nitrogen and oxygen atoms in total. The van der Waals surface area contributed by atoms with Gasteiger partial charge in [0.05, 0.1) is 33.1 Å². The summed E-state index contributed by atoms with van der Waals surface area (Å²) in [5.74, 6) is -2.12. The quantitative estimate of drug-likeness (QED) is 0.513. The molecule has 0 fully saturated rings. The number of benzene rings is 1. The molecule has 0 saturated carbocycles. The van der Waals surface area contributed by atoms with Gasteiger partial charge in [-0.1, -0.05) is 31.5 Å². The van der Waals surface area contributed by atoms with Crippen molar-refractivity contribution in [3.8, 4) is 0 Å². The summed E-state index contributed by atoms with van der Waals surface area (Å²) in [6, 6.07) is 8.30. The summed E-state index contributed by atoms with van der Waals surface area (Å²) < 4.78 is 5.77. The molecule has 26 heavy (non-hydrogen) atoms. The SMILES string of the molecule is CCCCC(=O)O[C@H](CC(=O)O)C[N+](C)(C)C.O=C(O)c1ccccc1. The smallest absolute Gasteiger partial charge is 0.335 e. The van der Waals surface area contributed by atoms with E-state index >= 15 is 0 Å². The third-order valence-electron chi connectivity index (χ3n) is 3.21. The molecule has 0 radical (unpaired) electrons. The van der Waals surface area contributed by atoms with Gasteiger partial charge in [-0.3, -0.25) is 9.59 Å². The number of carbonyl (C=O) groups is 3. The lowest BCUT2D eigenvalue weighted by Gasteiger charge is -2.28. The van der Waals surface area contributed by atoms with Crippen molar-refractivity contribution in [1.29, 1.82) is 0 Å². The van der Waals surface area contributed by atoms with Gasteiger partial charge in [-0.15, -0.1) is 0 Å². The first-order valence-corrected chi connectivity index (χ1v) is 8.55. The van der Waals surface area contributed by atoms with E-state index in [1.807, 2.05) is 28.1 Å². The number of hydrogen-bond donors (Lipinski definition) is 2. The molecule has 1 aromatic rings. The van der Waals surface area contributed by atoms with Crippen LogP contribution in [-0.2, 0) is 14.3 Å². The van der Waals surface area contributed by atoms with Gasteiger partial charge in [0.2, 0.25) is 0 Å². The second kappa shape index (κ2) is 12.0. The Hall–Kier alpha value is -2.41. The first kappa shape index (κ1) is 23.6. The lowest BCUT2D eigenvalue weighted by atomic mass is 10.2. The van der Waals surface area contributed by atoms with Gasteiger partial charge < -0.3 is 19.4 Å². The number of aromatic carboxylic acids is 1. The highest BCUT2D eigenvalue weighted by atomic mass is 16.5. The number of rotatable bonds is 9. The van der Waals surface area contributed by atoms with E-state index in [0.717, 1.165) is 12.8 Å². The topological polar surface area (TPSA) is 101 Å². The summed E-state index contributed by atoms with van der Waals surface area (Å²) in [6.45, 7) is 2.50. The first-order valence-electron chi connectivity index (χ1n) is 8.55. The second-order valence-corrected chi connectivity index (χ2v) is 6.96. The maximum absolute atomic E-state index is 11.5. The summed E-state index contributed by atoms with van der Waals surface area (Å²) in [7, 11) is 5.82. The molecule has 1 atom stereocenters. The van der Waals surface area contributed by atoms with Gasteiger partial charge in [-0.05, 0) is 18.6 Å². The van der Waals surface area contributed by atoms with Crippen LogP contribution in [0.5, 0.6) is 0 Å². The number of carbonyl (C=O) groups excluding carboxylic acids is 1. The third-order valence-corrected chi connectivity index (χ3v) is 3.21. The molecular weight excluding hydrogens is 338 g/mol. The van der Waals surface area contributed by atoms with Gasteiger partial charge in [-0.2, -0.15) is 0 Å². The number of carboxylic acid groups (broad SMARTS) is 2.